The van der Waals surface area contributed by atoms with Crippen molar-refractivity contribution in [3.8, 4) is 0 Å². The molecule has 0 bridgehead atoms. The van der Waals surface area contributed by atoms with E-state index < -0.39 is 113 Å². The van der Waals surface area contributed by atoms with Gasteiger partial charge in [0.2, 0.25) is 0 Å². The van der Waals surface area contributed by atoms with Crippen molar-refractivity contribution in [2.24, 2.45) is 39.4 Å². The second-order valence-corrected chi connectivity index (χ2v) is 17.5. The van der Waals surface area contributed by atoms with Gasteiger partial charge in [0.1, 0.15) is 41.9 Å². The van der Waals surface area contributed by atoms with Gasteiger partial charge in [-0.15, -0.1) is 0 Å². The molecule has 5 aliphatic rings. The Morgan fingerprint density at radius 2 is 1.61 bits per heavy atom. The van der Waals surface area contributed by atoms with E-state index >= 15 is 0 Å². The minimum absolute atomic E-state index is 0.0473. The highest BCUT2D eigenvalue weighted by Gasteiger charge is 2.75. The highest BCUT2D eigenvalue weighted by atomic mass is 16.7. The third-order valence-corrected chi connectivity index (χ3v) is 13.9. The van der Waals surface area contributed by atoms with Crippen LogP contribution in [0.2, 0.25) is 0 Å². The number of aliphatic hydroxyl groups is 8. The number of hydrogen-bond acceptors (Lipinski definition) is 13. The highest BCUT2D eigenvalue weighted by molar-refractivity contribution is 5.95. The Hall–Kier alpha value is -1.65. The lowest BCUT2D eigenvalue weighted by Crippen LogP contribution is -2.66. The Morgan fingerprint density at radius 3 is 2.18 bits per heavy atom. The predicted octanol–water partition coefficient (Wildman–Crippen LogP) is -0.0525. The minimum atomic E-state index is -2.13. The molecule has 8 N–H and O–H groups in total. The van der Waals surface area contributed by atoms with Crippen LogP contribution in [0.25, 0.3) is 0 Å². The van der Waals surface area contributed by atoms with Crippen LogP contribution in [0.5, 0.6) is 0 Å². The van der Waals surface area contributed by atoms with E-state index in [0.717, 1.165) is 5.57 Å². The molecular formula is C36H56O13. The fourth-order valence-electron chi connectivity index (χ4n) is 10.6. The number of rotatable bonds is 8. The summed E-state index contributed by atoms with van der Waals surface area (Å²) in [4.78, 5) is 42.2. The molecule has 49 heavy (non-hydrogen) atoms. The van der Waals surface area contributed by atoms with Gasteiger partial charge in [0.25, 0.3) is 0 Å². The number of fused-ring (bicyclic) bond motifs is 5. The van der Waals surface area contributed by atoms with Crippen molar-refractivity contribution in [2.75, 3.05) is 6.61 Å². The first-order chi connectivity index (χ1) is 22.3. The van der Waals surface area contributed by atoms with Crippen molar-refractivity contribution in [2.45, 2.75) is 148 Å². The van der Waals surface area contributed by atoms with Crippen molar-refractivity contribution in [1.29, 1.82) is 0 Å². The Kier molecular flexibility index (Phi) is 9.61. The Balaban J connectivity index is 1.49. The average Bonchev–Trinajstić information content (AvgIpc) is 3.20. The lowest BCUT2D eigenvalue weighted by atomic mass is 9.38. The molecular weight excluding hydrogens is 640 g/mol. The molecule has 0 aromatic carbocycles. The van der Waals surface area contributed by atoms with E-state index in [1.54, 1.807) is 13.8 Å². The molecule has 0 radical (unpaired) electrons. The standard InChI is InChI=1S/C36H56O13/c1-31(2)16-9-10-21-33(5)13-18(38)28(36(8,47)23(40)12-22(39)32(3,4)46)34(33,6)14-24(41)35(21,7)17(16)11-19(29(31)45)48-30-27(44)26(43)25(42)20(15-37)49-30/h9,17-22,25-28,30,37-39,42-44,46-47H,10-15H2,1-8H3/t17-,18-,19+,20-,21+,22?,25-,26+,27-,28+,30-,33+,34-,35+,36+/m1/s1. The first kappa shape index (κ1) is 38.6. The van der Waals surface area contributed by atoms with Crippen molar-refractivity contribution in [1.82, 2.24) is 0 Å². The zero-order valence-corrected chi connectivity index (χ0v) is 29.8. The minimum Gasteiger partial charge on any atom is -0.394 e. The molecule has 0 spiro atoms. The molecule has 1 aliphatic heterocycles. The van der Waals surface area contributed by atoms with Crippen LogP contribution < -0.4 is 0 Å². The van der Waals surface area contributed by atoms with Crippen LogP contribution in [0.4, 0.5) is 0 Å². The maximum absolute atomic E-state index is 14.7. The molecule has 0 amide bonds. The van der Waals surface area contributed by atoms with E-state index in [-0.39, 0.29) is 36.7 Å². The zero-order chi connectivity index (χ0) is 37.0. The largest absolute Gasteiger partial charge is 0.394 e. The van der Waals surface area contributed by atoms with Crippen molar-refractivity contribution >= 4 is 17.3 Å². The third-order valence-electron chi connectivity index (χ3n) is 13.9. The predicted molar refractivity (Wildman–Crippen MR) is 172 cm³/mol. The lowest BCUT2D eigenvalue weighted by molar-refractivity contribution is -0.311. The molecule has 4 aliphatic carbocycles. The van der Waals surface area contributed by atoms with Crippen molar-refractivity contribution < 1.29 is 64.7 Å². The lowest BCUT2D eigenvalue weighted by Gasteiger charge is -2.64. The molecule has 1 heterocycles. The van der Waals surface area contributed by atoms with Crippen LogP contribution in [0.15, 0.2) is 11.6 Å². The van der Waals surface area contributed by atoms with Gasteiger partial charge in [-0.1, -0.05) is 32.4 Å². The second kappa shape index (κ2) is 12.2. The number of allylic oxidation sites excluding steroid dienone is 2. The summed E-state index contributed by atoms with van der Waals surface area (Å²) in [6.07, 6.45) is -9.59. The fourth-order valence-corrected chi connectivity index (χ4v) is 10.6. The Labute approximate surface area is 287 Å². The molecule has 0 aromatic rings. The van der Waals surface area contributed by atoms with E-state index in [0.29, 0.717) is 6.42 Å². The molecule has 1 unspecified atom stereocenters. The Bertz CT molecular complexity index is 1380. The molecule has 13 heteroatoms. The molecule has 3 saturated carbocycles. The Morgan fingerprint density at radius 1 is 1.00 bits per heavy atom. The van der Waals surface area contributed by atoms with Crippen LogP contribution >= 0.6 is 0 Å². The number of ether oxygens (including phenoxy) is 2. The van der Waals surface area contributed by atoms with Gasteiger partial charge in [-0.05, 0) is 76.5 Å². The summed E-state index contributed by atoms with van der Waals surface area (Å²) in [5, 5.41) is 85.1. The number of ketones is 3. The van der Waals surface area contributed by atoms with Gasteiger partial charge in [-0.3, -0.25) is 14.4 Å². The quantitative estimate of drug-likeness (QED) is 0.156. The fraction of sp³-hybridized carbons (Fsp3) is 0.861. The number of hydrogen-bond donors (Lipinski definition) is 8. The number of carbonyl (C=O) groups is 3. The molecule has 1 saturated heterocycles. The monoisotopic (exact) mass is 696 g/mol. The van der Waals surface area contributed by atoms with Gasteiger partial charge >= 0.3 is 0 Å². The molecule has 4 fully saturated rings. The highest BCUT2D eigenvalue weighted by Crippen LogP contribution is 2.74. The third kappa shape index (κ3) is 5.53. The maximum Gasteiger partial charge on any atom is 0.187 e. The van der Waals surface area contributed by atoms with E-state index in [1.165, 1.54) is 20.8 Å². The second-order valence-electron chi connectivity index (χ2n) is 17.5. The van der Waals surface area contributed by atoms with Crippen LogP contribution in [-0.2, 0) is 23.9 Å². The molecule has 278 valence electrons. The first-order valence-corrected chi connectivity index (χ1v) is 17.4. The van der Waals surface area contributed by atoms with Crippen molar-refractivity contribution in [3.05, 3.63) is 11.6 Å². The van der Waals surface area contributed by atoms with E-state index in [9.17, 15) is 55.2 Å². The van der Waals surface area contributed by atoms with E-state index in [1.807, 2.05) is 26.8 Å². The van der Waals surface area contributed by atoms with Gasteiger partial charge in [0, 0.05) is 29.6 Å². The van der Waals surface area contributed by atoms with Crippen LogP contribution in [0.3, 0.4) is 0 Å². The van der Waals surface area contributed by atoms with Gasteiger partial charge in [0.05, 0.1) is 24.4 Å². The average molecular weight is 697 g/mol. The summed E-state index contributed by atoms with van der Waals surface area (Å²) in [6.45, 7) is 12.5. The maximum atomic E-state index is 14.7. The van der Waals surface area contributed by atoms with Gasteiger partial charge in [-0.2, -0.15) is 0 Å². The number of Topliss-reactive ketones (excluding diaryl/α,β-unsaturated/α-hetero) is 3. The summed E-state index contributed by atoms with van der Waals surface area (Å²) in [5.74, 6) is -3.16. The van der Waals surface area contributed by atoms with Gasteiger partial charge in [0.15, 0.2) is 17.9 Å². The van der Waals surface area contributed by atoms with Crippen LogP contribution in [0, 0.1) is 39.4 Å². The van der Waals surface area contributed by atoms with E-state index in [2.05, 4.69) is 0 Å². The number of carbonyl (C=O) groups excluding carboxylic acids is 3. The molecule has 13 nitrogen and oxygen atoms in total. The van der Waals surface area contributed by atoms with Crippen molar-refractivity contribution in [3.63, 3.8) is 0 Å². The summed E-state index contributed by atoms with van der Waals surface area (Å²) in [6, 6.07) is 0. The zero-order valence-electron chi connectivity index (χ0n) is 29.8. The normalized spacial score (nSPS) is 47.0. The van der Waals surface area contributed by atoms with Crippen LogP contribution in [0.1, 0.15) is 87.5 Å². The molecule has 0 aromatic heterocycles. The summed E-state index contributed by atoms with van der Waals surface area (Å²) >= 11 is 0. The topological polar surface area (TPSA) is 232 Å². The van der Waals surface area contributed by atoms with E-state index in [4.69, 9.17) is 9.47 Å². The van der Waals surface area contributed by atoms with Gasteiger partial charge in [-0.25, -0.2) is 0 Å². The molecule has 15 atom stereocenters. The van der Waals surface area contributed by atoms with Gasteiger partial charge < -0.3 is 50.3 Å². The summed E-state index contributed by atoms with van der Waals surface area (Å²) in [7, 11) is 0. The SMILES string of the molecule is CC1(C)C(=O)[C@@H](O[C@@H]2O[C@H](CO)[C@@H](O)[C@H](O)[C@H]2O)C[C@@H]2C1=CC[C@@H]1[C@@]2(C)C(=O)C[C@]2(C)[C@@H]([C@@](C)(O)C(=O)CC(O)C(C)(C)O)[C@H](O)C[C@@]12C. The summed E-state index contributed by atoms with van der Waals surface area (Å²) in [5.41, 5.74) is -6.94. The smallest absolute Gasteiger partial charge is 0.187 e. The number of aliphatic hydroxyl groups excluding tert-OH is 6. The summed E-state index contributed by atoms with van der Waals surface area (Å²) < 4.78 is 11.6. The van der Waals surface area contributed by atoms with Crippen LogP contribution in [-0.4, -0.2) is 125 Å². The first-order valence-electron chi connectivity index (χ1n) is 17.4. The molecule has 5 rings (SSSR count).